The second-order valence-corrected chi connectivity index (χ2v) is 13.7. The van der Waals surface area contributed by atoms with E-state index >= 15 is 0 Å². The topological polar surface area (TPSA) is 71.6 Å². The maximum absolute atomic E-state index is 12.2. The van der Waals surface area contributed by atoms with Crippen molar-refractivity contribution in [2.75, 3.05) is 39.5 Å². The molecule has 2 atom stereocenters. The van der Waals surface area contributed by atoms with Gasteiger partial charge in [0.25, 0.3) is 0 Å². The highest BCUT2D eigenvalue weighted by atomic mass is 32.2. The summed E-state index contributed by atoms with van der Waals surface area (Å²) >= 11 is 5.25. The number of hydrogen-bond acceptors (Lipinski definition) is 4. The van der Waals surface area contributed by atoms with E-state index in [4.69, 9.17) is 18.0 Å². The summed E-state index contributed by atoms with van der Waals surface area (Å²) in [4.78, 5) is 2.72. The Balaban J connectivity index is 1.51. The van der Waals surface area contributed by atoms with Crippen LogP contribution in [0.3, 0.4) is 0 Å². The average Bonchev–Trinajstić information content (AvgIpc) is 3.23. The Bertz CT molecular complexity index is 1490. The molecule has 3 heterocycles. The molecule has 2 aliphatic rings. The van der Waals surface area contributed by atoms with Crippen molar-refractivity contribution in [3.05, 3.63) is 71.9 Å². The summed E-state index contributed by atoms with van der Waals surface area (Å²) in [7, 11) is -1.04. The number of aromatic nitrogens is 1. The van der Waals surface area contributed by atoms with Gasteiger partial charge in [-0.3, -0.25) is 0 Å². The lowest BCUT2D eigenvalue weighted by molar-refractivity contribution is 0.159. The van der Waals surface area contributed by atoms with E-state index in [1.54, 1.807) is 4.31 Å². The van der Waals surface area contributed by atoms with Crippen molar-refractivity contribution < 1.29 is 8.42 Å². The molecule has 2 unspecified atom stereocenters. The minimum atomic E-state index is -3.20. The van der Waals surface area contributed by atoms with E-state index in [-0.39, 0.29) is 12.0 Å². The Labute approximate surface area is 232 Å². The lowest BCUT2D eigenvalue weighted by Crippen LogP contribution is -2.44. The number of likely N-dealkylation sites (tertiary alicyclic amines) is 1. The summed E-state index contributed by atoms with van der Waals surface area (Å²) in [5, 5.41) is 1.19. The molecular weight excluding hydrogens is 512 g/mol. The molecule has 2 saturated heterocycles. The molecule has 2 N–H and O–H groups in total. The Morgan fingerprint density at radius 1 is 1.16 bits per heavy atom. The number of sulfonamides is 1. The quantitative estimate of drug-likeness (QED) is 0.321. The Morgan fingerprint density at radius 2 is 1.92 bits per heavy atom. The Hall–Kier alpha value is -2.52. The van der Waals surface area contributed by atoms with Crippen molar-refractivity contribution in [3.63, 3.8) is 0 Å². The molecule has 2 fully saturated rings. The smallest absolute Gasteiger partial charge is 0.211 e. The number of piperidine rings is 1. The van der Waals surface area contributed by atoms with E-state index in [0.717, 1.165) is 49.0 Å². The van der Waals surface area contributed by atoms with E-state index in [9.17, 15) is 8.42 Å². The predicted molar refractivity (Wildman–Crippen MR) is 161 cm³/mol. The van der Waals surface area contributed by atoms with Crippen LogP contribution >= 0.6 is 12.2 Å². The van der Waals surface area contributed by atoms with Crippen LogP contribution in [0, 0.1) is 11.8 Å². The molecule has 0 radical (unpaired) electrons. The SMILES string of the molecule is C=C(CCc1ccc2c(-c3cccc(C(N)=S)c3)cn(C3CCN(S(C)(=O)=O)CC3C)c2c1)C1CN(C)C1. The third-order valence-electron chi connectivity index (χ3n) is 8.38. The molecule has 5 rings (SSSR count). The maximum atomic E-state index is 12.2. The number of nitrogens with zero attached hydrogens (tertiary/aromatic N) is 3. The second kappa shape index (κ2) is 10.6. The number of hydrogen-bond donors (Lipinski definition) is 1. The minimum Gasteiger partial charge on any atom is -0.389 e. The van der Waals surface area contributed by atoms with Gasteiger partial charge in [0.05, 0.1) is 6.26 Å². The summed E-state index contributed by atoms with van der Waals surface area (Å²) in [6, 6.07) is 15.1. The highest BCUT2D eigenvalue weighted by Crippen LogP contribution is 2.38. The van der Waals surface area contributed by atoms with E-state index in [0.29, 0.717) is 24.0 Å². The minimum absolute atomic E-state index is 0.184. The van der Waals surface area contributed by atoms with E-state index in [1.165, 1.54) is 28.3 Å². The lowest BCUT2D eigenvalue weighted by Gasteiger charge is -2.37. The van der Waals surface area contributed by atoms with Gasteiger partial charge in [0.1, 0.15) is 4.99 Å². The number of thiocarbonyl (C=S) groups is 1. The van der Waals surface area contributed by atoms with Gasteiger partial charge in [-0.1, -0.05) is 61.6 Å². The normalized spacial score (nSPS) is 21.4. The molecule has 202 valence electrons. The van der Waals surface area contributed by atoms with Crippen LogP contribution < -0.4 is 5.73 Å². The predicted octanol–water partition coefficient (Wildman–Crippen LogP) is 4.84. The highest BCUT2D eigenvalue weighted by molar-refractivity contribution is 7.88. The van der Waals surface area contributed by atoms with Crippen LogP contribution in [-0.4, -0.2) is 66.7 Å². The molecule has 3 aromatic rings. The van der Waals surface area contributed by atoms with Crippen LogP contribution in [0.4, 0.5) is 0 Å². The number of nitrogens with two attached hydrogens (primary N) is 1. The third-order valence-corrected chi connectivity index (χ3v) is 9.89. The molecule has 0 amide bonds. The van der Waals surface area contributed by atoms with Crippen LogP contribution in [0.15, 0.2) is 60.8 Å². The first-order chi connectivity index (χ1) is 18.0. The summed E-state index contributed by atoms with van der Waals surface area (Å²) < 4.78 is 28.4. The van der Waals surface area contributed by atoms with Gasteiger partial charge in [-0.05, 0) is 55.5 Å². The molecular formula is C30H38N4O2S2. The van der Waals surface area contributed by atoms with E-state index < -0.39 is 10.0 Å². The van der Waals surface area contributed by atoms with Crippen LogP contribution in [-0.2, 0) is 16.4 Å². The second-order valence-electron chi connectivity index (χ2n) is 11.3. The van der Waals surface area contributed by atoms with Crippen molar-refractivity contribution in [1.29, 1.82) is 0 Å². The fourth-order valence-corrected chi connectivity index (χ4v) is 7.14. The molecule has 0 spiro atoms. The van der Waals surface area contributed by atoms with Gasteiger partial charge in [-0.2, -0.15) is 0 Å². The van der Waals surface area contributed by atoms with Crippen molar-refractivity contribution in [3.8, 4) is 11.1 Å². The highest BCUT2D eigenvalue weighted by Gasteiger charge is 2.32. The van der Waals surface area contributed by atoms with Gasteiger partial charge >= 0.3 is 0 Å². The summed E-state index contributed by atoms with van der Waals surface area (Å²) in [5.41, 5.74) is 12.9. The first-order valence-electron chi connectivity index (χ1n) is 13.4. The van der Waals surface area contributed by atoms with Crippen LogP contribution in [0.1, 0.15) is 36.9 Å². The fraction of sp³-hybridized carbons (Fsp3) is 0.433. The van der Waals surface area contributed by atoms with Crippen LogP contribution in [0.2, 0.25) is 0 Å². The van der Waals surface area contributed by atoms with Gasteiger partial charge in [-0.15, -0.1) is 0 Å². The molecule has 8 heteroatoms. The standard InChI is InChI=1S/C30H38N4O2S2/c1-20(25-17-32(3)18-25)8-9-22-10-11-26-27(23-6-5-7-24(15-23)30(31)37)19-34(29(26)14-22)28-12-13-33(16-21(28)2)38(4,35)36/h5-7,10-11,14-15,19,21,25,28H,1,8-9,12-13,16-18H2,2-4H3,(H2,31,37). The zero-order valence-corrected chi connectivity index (χ0v) is 24.2. The van der Waals surface area contributed by atoms with Crippen molar-refractivity contribution in [2.24, 2.45) is 17.6 Å². The number of fused-ring (bicyclic) bond motifs is 1. The van der Waals surface area contributed by atoms with Crippen molar-refractivity contribution in [1.82, 2.24) is 13.8 Å². The third kappa shape index (κ3) is 5.45. The molecule has 2 aromatic carbocycles. The summed E-state index contributed by atoms with van der Waals surface area (Å²) in [6.07, 6.45) is 6.29. The number of aryl methyl sites for hydroxylation is 1. The van der Waals surface area contributed by atoms with Gasteiger partial charge in [0.2, 0.25) is 10.0 Å². The average molecular weight is 551 g/mol. The molecule has 2 aliphatic heterocycles. The first kappa shape index (κ1) is 27.1. The number of benzene rings is 2. The molecule has 0 aliphatic carbocycles. The van der Waals surface area contributed by atoms with Gasteiger partial charge in [0, 0.05) is 66.4 Å². The molecule has 38 heavy (non-hydrogen) atoms. The van der Waals surface area contributed by atoms with Crippen LogP contribution in [0.5, 0.6) is 0 Å². The monoisotopic (exact) mass is 550 g/mol. The first-order valence-corrected chi connectivity index (χ1v) is 15.6. The Morgan fingerprint density at radius 3 is 2.58 bits per heavy atom. The lowest BCUT2D eigenvalue weighted by atomic mass is 9.89. The van der Waals surface area contributed by atoms with E-state index in [1.807, 2.05) is 12.1 Å². The number of rotatable bonds is 8. The van der Waals surface area contributed by atoms with Gasteiger partial charge in [0.15, 0.2) is 0 Å². The van der Waals surface area contributed by atoms with Gasteiger partial charge < -0.3 is 15.2 Å². The fourth-order valence-electron chi connectivity index (χ4n) is 6.07. The molecule has 0 bridgehead atoms. The Kier molecular flexibility index (Phi) is 7.52. The molecule has 6 nitrogen and oxygen atoms in total. The van der Waals surface area contributed by atoms with Gasteiger partial charge in [-0.25, -0.2) is 12.7 Å². The molecule has 0 saturated carbocycles. The largest absolute Gasteiger partial charge is 0.389 e. The zero-order chi connectivity index (χ0) is 27.2. The maximum Gasteiger partial charge on any atom is 0.211 e. The zero-order valence-electron chi connectivity index (χ0n) is 22.6. The summed E-state index contributed by atoms with van der Waals surface area (Å²) in [6.45, 7) is 9.82. The van der Waals surface area contributed by atoms with E-state index in [2.05, 4.69) is 66.5 Å². The van der Waals surface area contributed by atoms with Crippen molar-refractivity contribution >= 4 is 38.1 Å². The molecule has 1 aromatic heterocycles. The van der Waals surface area contributed by atoms with Crippen molar-refractivity contribution in [2.45, 2.75) is 32.2 Å². The summed E-state index contributed by atoms with van der Waals surface area (Å²) in [5.74, 6) is 0.796. The van der Waals surface area contributed by atoms with Crippen LogP contribution in [0.25, 0.3) is 22.0 Å².